The highest BCUT2D eigenvalue weighted by Crippen LogP contribution is 2.54. The highest BCUT2D eigenvalue weighted by Gasteiger charge is 2.41. The van der Waals surface area contributed by atoms with E-state index in [4.69, 9.17) is 0 Å². The van der Waals surface area contributed by atoms with Gasteiger partial charge in [-0.2, -0.15) is 0 Å². The molecule has 0 aromatic heterocycles. The monoisotopic (exact) mass is 326 g/mol. The van der Waals surface area contributed by atoms with E-state index in [-0.39, 0.29) is 10.8 Å². The van der Waals surface area contributed by atoms with Crippen molar-refractivity contribution in [3.63, 3.8) is 0 Å². The number of fused-ring (bicyclic) bond motifs is 4. The lowest BCUT2D eigenvalue weighted by Crippen LogP contribution is -2.18. The Balaban J connectivity index is 2.07. The number of hydrogen-bond acceptors (Lipinski definition) is 0. The first-order valence-electron chi connectivity index (χ1n) is 9.04. The predicted molar refractivity (Wildman–Crippen MR) is 109 cm³/mol. The maximum Gasteiger partial charge on any atom is 0.0159 e. The van der Waals surface area contributed by atoms with Gasteiger partial charge in [0.25, 0.3) is 0 Å². The van der Waals surface area contributed by atoms with E-state index >= 15 is 0 Å². The number of benzene rings is 2. The van der Waals surface area contributed by atoms with Crippen molar-refractivity contribution >= 4 is 5.57 Å². The summed E-state index contributed by atoms with van der Waals surface area (Å²) in [4.78, 5) is 0. The van der Waals surface area contributed by atoms with Gasteiger partial charge in [0.15, 0.2) is 0 Å². The summed E-state index contributed by atoms with van der Waals surface area (Å²) in [6.07, 6.45) is 4.00. The fourth-order valence-electron chi connectivity index (χ4n) is 4.85. The molecule has 0 N–H and O–H groups in total. The Hall–Kier alpha value is -2.34. The zero-order valence-corrected chi connectivity index (χ0v) is 16.0. The molecule has 0 saturated heterocycles. The third-order valence-corrected chi connectivity index (χ3v) is 6.30. The molecule has 0 aliphatic heterocycles. The molecule has 0 atom stereocenters. The van der Waals surface area contributed by atoms with Gasteiger partial charge in [-0.1, -0.05) is 76.8 Å². The summed E-state index contributed by atoms with van der Waals surface area (Å²) >= 11 is 0. The molecule has 2 aliphatic carbocycles. The Labute approximate surface area is 151 Å². The average Bonchev–Trinajstić information content (AvgIpc) is 2.91. The van der Waals surface area contributed by atoms with E-state index in [9.17, 15) is 0 Å². The third-order valence-electron chi connectivity index (χ3n) is 6.30. The molecule has 0 saturated carbocycles. The Kier molecular flexibility index (Phi) is 3.13. The first kappa shape index (κ1) is 16.1. The zero-order valence-electron chi connectivity index (χ0n) is 16.0. The number of hydrogen-bond donors (Lipinski definition) is 0. The maximum atomic E-state index is 4.08. The molecule has 0 heterocycles. The Morgan fingerprint density at radius 2 is 1.32 bits per heavy atom. The lowest BCUT2D eigenvalue weighted by molar-refractivity contribution is 0.647. The first-order chi connectivity index (χ1) is 11.7. The summed E-state index contributed by atoms with van der Waals surface area (Å²) < 4.78 is 0. The second-order valence-corrected chi connectivity index (χ2v) is 8.48. The molecule has 0 nitrogen and oxygen atoms in total. The first-order valence-corrected chi connectivity index (χ1v) is 9.04. The van der Waals surface area contributed by atoms with Crippen molar-refractivity contribution in [3.05, 3.63) is 89.0 Å². The lowest BCUT2D eigenvalue weighted by Gasteiger charge is -2.25. The van der Waals surface area contributed by atoms with Gasteiger partial charge in [0.2, 0.25) is 0 Å². The largest absolute Gasteiger partial charge is 0.0987 e. The minimum absolute atomic E-state index is 0.0269. The van der Waals surface area contributed by atoms with Crippen LogP contribution < -0.4 is 0 Å². The highest BCUT2D eigenvalue weighted by molar-refractivity contribution is 5.92. The van der Waals surface area contributed by atoms with E-state index in [1.807, 2.05) is 12.2 Å². The lowest BCUT2D eigenvalue weighted by atomic mass is 9.78. The van der Waals surface area contributed by atoms with Gasteiger partial charge in [0.05, 0.1) is 0 Å². The topological polar surface area (TPSA) is 0 Å². The van der Waals surface area contributed by atoms with Gasteiger partial charge < -0.3 is 0 Å². The van der Waals surface area contributed by atoms with Gasteiger partial charge >= 0.3 is 0 Å². The summed E-state index contributed by atoms with van der Waals surface area (Å²) in [6, 6.07) is 11.7. The van der Waals surface area contributed by atoms with Gasteiger partial charge in [-0.25, -0.2) is 0 Å². The SMILES string of the molecule is C=CC1=C(C=C)C(C)(C)c2cc3c(cc21)C(C)(C)c1cc(C)ccc1-3. The van der Waals surface area contributed by atoms with E-state index in [1.165, 1.54) is 50.1 Å². The zero-order chi connectivity index (χ0) is 18.1. The summed E-state index contributed by atoms with van der Waals surface area (Å²) in [5, 5.41) is 0. The van der Waals surface area contributed by atoms with Crippen LogP contribution in [0.3, 0.4) is 0 Å². The van der Waals surface area contributed by atoms with Crippen LogP contribution in [0.5, 0.6) is 0 Å². The fraction of sp³-hybridized carbons (Fsp3) is 0.280. The molecule has 126 valence electrons. The minimum atomic E-state index is -0.0345. The van der Waals surface area contributed by atoms with Gasteiger partial charge in [0, 0.05) is 10.8 Å². The Morgan fingerprint density at radius 3 is 1.96 bits per heavy atom. The molecule has 0 fully saturated rings. The van der Waals surface area contributed by atoms with E-state index in [1.54, 1.807) is 0 Å². The van der Waals surface area contributed by atoms with Gasteiger partial charge in [-0.15, -0.1) is 0 Å². The van der Waals surface area contributed by atoms with E-state index < -0.39 is 0 Å². The van der Waals surface area contributed by atoms with Gasteiger partial charge in [0.1, 0.15) is 0 Å². The van der Waals surface area contributed by atoms with Crippen molar-refractivity contribution in [3.8, 4) is 11.1 Å². The van der Waals surface area contributed by atoms with Crippen LogP contribution in [0.25, 0.3) is 16.7 Å². The smallest absolute Gasteiger partial charge is 0.0159 e. The van der Waals surface area contributed by atoms with E-state index in [0.717, 1.165) is 0 Å². The molecule has 0 bridgehead atoms. The standard InChI is InChI=1S/C25H26/c1-8-16-18-13-23-19(14-22(18)24(4,5)20(16)9-2)17-11-10-15(3)12-21(17)25(23,6)7/h8-14H,1-2H2,3-7H3. The maximum absolute atomic E-state index is 4.08. The second kappa shape index (κ2) is 4.85. The summed E-state index contributed by atoms with van der Waals surface area (Å²) in [5.41, 5.74) is 12.2. The normalized spacial score (nSPS) is 18.6. The second-order valence-electron chi connectivity index (χ2n) is 8.48. The molecular weight excluding hydrogens is 300 g/mol. The van der Waals surface area contributed by atoms with Crippen LogP contribution in [0.2, 0.25) is 0 Å². The van der Waals surface area contributed by atoms with Crippen LogP contribution in [0.1, 0.15) is 55.5 Å². The molecule has 0 spiro atoms. The molecule has 2 aliphatic rings. The summed E-state index contributed by atoms with van der Waals surface area (Å²) in [7, 11) is 0. The van der Waals surface area contributed by atoms with Crippen molar-refractivity contribution in [2.24, 2.45) is 0 Å². The van der Waals surface area contributed by atoms with Crippen LogP contribution in [-0.2, 0) is 10.8 Å². The molecule has 0 unspecified atom stereocenters. The number of rotatable bonds is 2. The third kappa shape index (κ3) is 1.88. The highest BCUT2D eigenvalue weighted by atomic mass is 14.4. The molecule has 0 radical (unpaired) electrons. The Morgan fingerprint density at radius 1 is 0.720 bits per heavy atom. The number of aryl methyl sites for hydroxylation is 1. The molecule has 0 heteroatoms. The van der Waals surface area contributed by atoms with Crippen LogP contribution in [0.15, 0.2) is 61.2 Å². The van der Waals surface area contributed by atoms with E-state index in [0.29, 0.717) is 0 Å². The van der Waals surface area contributed by atoms with Crippen LogP contribution in [0, 0.1) is 6.92 Å². The molecule has 2 aromatic carbocycles. The molecule has 2 aromatic rings. The van der Waals surface area contributed by atoms with Crippen molar-refractivity contribution in [2.45, 2.75) is 45.4 Å². The van der Waals surface area contributed by atoms with Crippen molar-refractivity contribution in [2.75, 3.05) is 0 Å². The Bertz CT molecular complexity index is 977. The molecular formula is C25H26. The van der Waals surface area contributed by atoms with Gasteiger partial charge in [-0.05, 0) is 63.6 Å². The van der Waals surface area contributed by atoms with Crippen LogP contribution >= 0.6 is 0 Å². The molecule has 25 heavy (non-hydrogen) atoms. The summed E-state index contributed by atoms with van der Waals surface area (Å²) in [6.45, 7) is 19.6. The van der Waals surface area contributed by atoms with Crippen LogP contribution in [-0.4, -0.2) is 0 Å². The minimum Gasteiger partial charge on any atom is -0.0987 e. The van der Waals surface area contributed by atoms with E-state index in [2.05, 4.69) is 78.1 Å². The van der Waals surface area contributed by atoms with Gasteiger partial charge in [-0.3, -0.25) is 0 Å². The van der Waals surface area contributed by atoms with Crippen molar-refractivity contribution in [1.82, 2.24) is 0 Å². The van der Waals surface area contributed by atoms with Crippen molar-refractivity contribution < 1.29 is 0 Å². The number of allylic oxidation sites excluding steroid dienone is 4. The fourth-order valence-corrected chi connectivity index (χ4v) is 4.85. The van der Waals surface area contributed by atoms with Crippen LogP contribution in [0.4, 0.5) is 0 Å². The average molecular weight is 326 g/mol. The summed E-state index contributed by atoms with van der Waals surface area (Å²) in [5.74, 6) is 0. The quantitative estimate of drug-likeness (QED) is 0.574. The van der Waals surface area contributed by atoms with Crippen molar-refractivity contribution in [1.29, 1.82) is 0 Å². The predicted octanol–water partition coefficient (Wildman–Crippen LogP) is 6.72. The molecule has 0 amide bonds. The molecule has 4 rings (SSSR count).